The summed E-state index contributed by atoms with van der Waals surface area (Å²) >= 11 is 1.04. The number of ketones is 1. The average molecular weight is 572 g/mol. The maximum absolute atomic E-state index is 13.4. The van der Waals surface area contributed by atoms with Gasteiger partial charge in [-0.3, -0.25) is 33.8 Å². The van der Waals surface area contributed by atoms with Gasteiger partial charge in [0.15, 0.2) is 10.9 Å². The van der Waals surface area contributed by atoms with Crippen molar-refractivity contribution in [2.45, 2.75) is 62.3 Å². The molecule has 2 aliphatic rings. The van der Waals surface area contributed by atoms with E-state index in [1.54, 1.807) is 0 Å². The fourth-order valence-corrected chi connectivity index (χ4v) is 5.52. The highest BCUT2D eigenvalue weighted by molar-refractivity contribution is 7.99. The Labute approximate surface area is 233 Å². The van der Waals surface area contributed by atoms with Crippen molar-refractivity contribution >= 4 is 47.1 Å². The summed E-state index contributed by atoms with van der Waals surface area (Å²) in [5.41, 5.74) is 0.724. The molecule has 3 atom stereocenters. The Bertz CT molecular complexity index is 1300. The smallest absolute Gasteiger partial charge is 0.305 e. The summed E-state index contributed by atoms with van der Waals surface area (Å²) in [5.74, 6) is -4.25. The summed E-state index contributed by atoms with van der Waals surface area (Å²) < 4.78 is 1.53. The average Bonchev–Trinajstić information content (AvgIpc) is 3.37. The number of aromatic nitrogens is 3. The van der Waals surface area contributed by atoms with Crippen LogP contribution in [0.25, 0.3) is 5.69 Å². The quantitative estimate of drug-likeness (QED) is 0.326. The Morgan fingerprint density at radius 2 is 1.90 bits per heavy atom. The van der Waals surface area contributed by atoms with E-state index in [-0.39, 0.29) is 37.5 Å². The number of Topliss-reactive ketones (excluding diaryl/α,β-unsaturated/α-hetero) is 1. The van der Waals surface area contributed by atoms with Crippen molar-refractivity contribution in [3.63, 3.8) is 0 Å². The molecule has 2 saturated heterocycles. The first-order valence-electron chi connectivity index (χ1n) is 12.7. The van der Waals surface area contributed by atoms with Crippen molar-refractivity contribution in [1.29, 1.82) is 0 Å². The molecule has 2 aliphatic heterocycles. The van der Waals surface area contributed by atoms with E-state index in [4.69, 9.17) is 0 Å². The van der Waals surface area contributed by atoms with Gasteiger partial charge in [-0.1, -0.05) is 30.0 Å². The normalized spacial score (nSPS) is 19.8. The summed E-state index contributed by atoms with van der Waals surface area (Å²) in [6.45, 7) is 1.47. The SMILES string of the molecule is CC(=O)N[C@H]1CCC(=O)N2CCC[C@@H](C(=O)N[C@@H](CC(=O)O)C(=O)CSc3ncnn3-c3ccccc3)N2C1=O. The number of carboxylic acid groups (broad SMARTS) is 1. The number of hydrazine groups is 1. The van der Waals surface area contributed by atoms with Gasteiger partial charge < -0.3 is 15.7 Å². The minimum absolute atomic E-state index is 0.00642. The molecule has 0 aliphatic carbocycles. The number of fused-ring (bicyclic) bond motifs is 1. The molecular weight excluding hydrogens is 542 g/mol. The molecule has 4 amide bonds. The maximum atomic E-state index is 13.4. The molecule has 2 fully saturated rings. The molecule has 4 rings (SSSR count). The first-order valence-corrected chi connectivity index (χ1v) is 13.7. The van der Waals surface area contributed by atoms with Crippen molar-refractivity contribution in [3.05, 3.63) is 36.7 Å². The Morgan fingerprint density at radius 3 is 2.60 bits per heavy atom. The number of amides is 4. The van der Waals surface area contributed by atoms with E-state index in [1.165, 1.54) is 22.9 Å². The zero-order valence-electron chi connectivity index (χ0n) is 21.7. The predicted molar refractivity (Wildman–Crippen MR) is 140 cm³/mol. The van der Waals surface area contributed by atoms with Gasteiger partial charge in [-0.2, -0.15) is 5.10 Å². The van der Waals surface area contributed by atoms with Crippen molar-refractivity contribution < 1.29 is 33.9 Å². The molecule has 0 unspecified atom stereocenters. The number of carboxylic acids is 1. The van der Waals surface area contributed by atoms with Crippen LogP contribution >= 0.6 is 11.8 Å². The molecule has 0 spiro atoms. The lowest BCUT2D eigenvalue weighted by molar-refractivity contribution is -0.176. The summed E-state index contributed by atoms with van der Waals surface area (Å²) in [7, 11) is 0. The monoisotopic (exact) mass is 571 g/mol. The Balaban J connectivity index is 1.48. The van der Waals surface area contributed by atoms with Crippen LogP contribution in [0.2, 0.25) is 0 Å². The zero-order valence-corrected chi connectivity index (χ0v) is 22.5. The predicted octanol–water partition coefficient (Wildman–Crippen LogP) is -0.0789. The second kappa shape index (κ2) is 12.7. The molecule has 2 aromatic rings. The molecule has 0 radical (unpaired) electrons. The molecular formula is C25H29N7O7S. The van der Waals surface area contributed by atoms with Crippen LogP contribution in [0.5, 0.6) is 0 Å². The van der Waals surface area contributed by atoms with E-state index in [1.807, 2.05) is 30.3 Å². The Kier molecular flexibility index (Phi) is 9.14. The minimum atomic E-state index is -1.38. The third-order valence-electron chi connectivity index (χ3n) is 6.49. The van der Waals surface area contributed by atoms with Gasteiger partial charge >= 0.3 is 5.97 Å². The van der Waals surface area contributed by atoms with Crippen molar-refractivity contribution in [2.24, 2.45) is 0 Å². The van der Waals surface area contributed by atoms with Crippen molar-refractivity contribution in [3.8, 4) is 5.69 Å². The highest BCUT2D eigenvalue weighted by Gasteiger charge is 2.45. The summed E-state index contributed by atoms with van der Waals surface area (Å²) in [4.78, 5) is 79.9. The molecule has 0 bridgehead atoms. The van der Waals surface area contributed by atoms with Gasteiger partial charge in [-0.15, -0.1) is 0 Å². The number of aliphatic carboxylic acids is 1. The van der Waals surface area contributed by atoms with E-state index >= 15 is 0 Å². The lowest BCUT2D eigenvalue weighted by atomic mass is 10.0. The van der Waals surface area contributed by atoms with Crippen molar-refractivity contribution in [1.82, 2.24) is 35.4 Å². The van der Waals surface area contributed by atoms with Crippen LogP contribution in [0.15, 0.2) is 41.8 Å². The van der Waals surface area contributed by atoms with E-state index in [9.17, 15) is 33.9 Å². The fraction of sp³-hybridized carbons (Fsp3) is 0.440. The molecule has 3 N–H and O–H groups in total. The van der Waals surface area contributed by atoms with Gasteiger partial charge in [0.05, 0.1) is 23.9 Å². The van der Waals surface area contributed by atoms with Crippen LogP contribution in [-0.4, -0.2) is 95.7 Å². The highest BCUT2D eigenvalue weighted by Crippen LogP contribution is 2.25. The van der Waals surface area contributed by atoms with Crippen LogP contribution in [0, 0.1) is 0 Å². The van der Waals surface area contributed by atoms with Crippen LogP contribution in [0.1, 0.15) is 39.0 Å². The van der Waals surface area contributed by atoms with Crippen LogP contribution in [0.3, 0.4) is 0 Å². The Morgan fingerprint density at radius 1 is 1.15 bits per heavy atom. The number of carbonyl (C=O) groups is 6. The van der Waals surface area contributed by atoms with Crippen molar-refractivity contribution in [2.75, 3.05) is 12.3 Å². The summed E-state index contributed by atoms with van der Waals surface area (Å²) in [5, 5.41) is 21.3. The number of nitrogens with zero attached hydrogens (tertiary/aromatic N) is 5. The number of thioether (sulfide) groups is 1. The number of nitrogens with one attached hydrogen (secondary N) is 2. The summed E-state index contributed by atoms with van der Waals surface area (Å²) in [6.07, 6.45) is 1.36. The highest BCUT2D eigenvalue weighted by atomic mass is 32.2. The third kappa shape index (κ3) is 6.65. The van der Waals surface area contributed by atoms with Gasteiger partial charge in [0, 0.05) is 19.9 Å². The molecule has 14 nitrogen and oxygen atoms in total. The van der Waals surface area contributed by atoms with Crippen LogP contribution in [-0.2, 0) is 28.8 Å². The maximum Gasteiger partial charge on any atom is 0.305 e. The van der Waals surface area contributed by atoms with E-state index in [0.29, 0.717) is 11.6 Å². The van der Waals surface area contributed by atoms with E-state index in [0.717, 1.165) is 22.5 Å². The second-order valence-corrected chi connectivity index (χ2v) is 10.3. The number of hydrogen-bond donors (Lipinski definition) is 3. The van der Waals surface area contributed by atoms with E-state index < -0.39 is 54.0 Å². The molecule has 0 saturated carbocycles. The van der Waals surface area contributed by atoms with Gasteiger partial charge in [-0.05, 0) is 31.4 Å². The number of carbonyl (C=O) groups excluding carboxylic acids is 5. The second-order valence-electron chi connectivity index (χ2n) is 9.35. The van der Waals surface area contributed by atoms with E-state index in [2.05, 4.69) is 20.7 Å². The van der Waals surface area contributed by atoms with Crippen LogP contribution in [0.4, 0.5) is 0 Å². The third-order valence-corrected chi connectivity index (χ3v) is 7.45. The molecule has 3 heterocycles. The number of rotatable bonds is 10. The molecule has 1 aromatic heterocycles. The van der Waals surface area contributed by atoms with Gasteiger partial charge in [-0.25, -0.2) is 14.7 Å². The lowest BCUT2D eigenvalue weighted by Crippen LogP contribution is -2.64. The van der Waals surface area contributed by atoms with Gasteiger partial charge in [0.1, 0.15) is 18.4 Å². The fourth-order valence-electron chi connectivity index (χ4n) is 4.65. The van der Waals surface area contributed by atoms with Gasteiger partial charge in [0.25, 0.3) is 5.91 Å². The lowest BCUT2D eigenvalue weighted by Gasteiger charge is -2.43. The molecule has 1 aromatic carbocycles. The molecule has 15 heteroatoms. The van der Waals surface area contributed by atoms with Crippen LogP contribution < -0.4 is 10.6 Å². The number of para-hydroxylation sites is 1. The number of benzene rings is 1. The Hall–Kier alpha value is -4.27. The first-order chi connectivity index (χ1) is 19.2. The topological polar surface area (TPSA) is 184 Å². The first kappa shape index (κ1) is 28.7. The summed E-state index contributed by atoms with van der Waals surface area (Å²) in [6, 6.07) is 5.58. The number of hydrogen-bond acceptors (Lipinski definition) is 9. The minimum Gasteiger partial charge on any atom is -0.481 e. The molecule has 40 heavy (non-hydrogen) atoms. The molecule has 212 valence electrons. The van der Waals surface area contributed by atoms with Gasteiger partial charge in [0.2, 0.25) is 17.7 Å². The standard InChI is InChI=1S/C25H29N7O7S/c1-15(33)28-17-9-10-21(35)30-11-5-8-19(32(30)24(17)39)23(38)29-18(12-22(36)37)20(34)13-40-25-26-14-27-31(25)16-6-3-2-4-7-16/h2-4,6-7,14,17-19H,5,8-13H2,1H3,(H,28,33)(H,29,38)(H,36,37)/t17-,18-,19-/m0/s1. The largest absolute Gasteiger partial charge is 0.481 e. The zero-order chi connectivity index (χ0) is 28.8.